The Labute approximate surface area is 135 Å². The van der Waals surface area contributed by atoms with Crippen LogP contribution in [0.2, 0.25) is 0 Å². The maximum Gasteiger partial charge on any atom is 0.257 e. The van der Waals surface area contributed by atoms with Crippen molar-refractivity contribution < 1.29 is 14.6 Å². The highest BCUT2D eigenvalue weighted by molar-refractivity contribution is 5.97. The Morgan fingerprint density at radius 3 is 2.43 bits per heavy atom. The number of hydrogen-bond donors (Lipinski definition) is 2. The number of carbonyl (C=O) groups is 1. The molecule has 1 fully saturated rings. The highest BCUT2D eigenvalue weighted by atomic mass is 16.5. The van der Waals surface area contributed by atoms with Crippen molar-refractivity contribution in [2.24, 2.45) is 0 Å². The van der Waals surface area contributed by atoms with Gasteiger partial charge in [-0.1, -0.05) is 42.5 Å². The molecule has 1 saturated heterocycles. The van der Waals surface area contributed by atoms with Gasteiger partial charge >= 0.3 is 0 Å². The van der Waals surface area contributed by atoms with E-state index in [0.29, 0.717) is 24.5 Å². The lowest BCUT2D eigenvalue weighted by Gasteiger charge is -2.30. The molecule has 2 aromatic carbocycles. The third kappa shape index (κ3) is 3.70. The number of nitrogens with one attached hydrogen (secondary N) is 1. The third-order valence-corrected chi connectivity index (χ3v) is 3.88. The summed E-state index contributed by atoms with van der Waals surface area (Å²) in [7, 11) is 0. The van der Waals surface area contributed by atoms with Crippen LogP contribution < -0.4 is 10.2 Å². The number of nitrogens with zero attached hydrogens (tertiary/aromatic N) is 1. The van der Waals surface area contributed by atoms with Crippen molar-refractivity contribution in [1.29, 1.82) is 0 Å². The minimum absolute atomic E-state index is 0.433. The molecule has 2 aromatic rings. The lowest BCUT2D eigenvalue weighted by Crippen LogP contribution is -2.37. The van der Waals surface area contributed by atoms with Crippen LogP contribution in [0.3, 0.4) is 0 Å². The minimum Gasteiger partial charge on any atom is -0.378 e. The zero-order valence-electron chi connectivity index (χ0n) is 12.8. The third-order valence-electron chi connectivity index (χ3n) is 3.88. The van der Waals surface area contributed by atoms with Gasteiger partial charge in [-0.25, -0.2) is 0 Å². The number of aliphatic hydroxyl groups is 1. The van der Waals surface area contributed by atoms with Crippen molar-refractivity contribution in [1.82, 2.24) is 0 Å². The molecule has 0 aliphatic carbocycles. The highest BCUT2D eigenvalue weighted by Crippen LogP contribution is 2.27. The molecular weight excluding hydrogens is 292 g/mol. The molecule has 0 spiro atoms. The number of benzene rings is 2. The van der Waals surface area contributed by atoms with Crippen molar-refractivity contribution in [3.63, 3.8) is 0 Å². The molecule has 0 radical (unpaired) electrons. The summed E-state index contributed by atoms with van der Waals surface area (Å²) < 4.78 is 5.37. The molecule has 2 N–H and O–H groups in total. The van der Waals surface area contributed by atoms with E-state index in [9.17, 15) is 9.90 Å². The van der Waals surface area contributed by atoms with E-state index in [4.69, 9.17) is 4.74 Å². The topological polar surface area (TPSA) is 61.8 Å². The van der Waals surface area contributed by atoms with Crippen LogP contribution in [0.25, 0.3) is 0 Å². The highest BCUT2D eigenvalue weighted by Gasteiger charge is 2.20. The van der Waals surface area contributed by atoms with E-state index in [1.807, 2.05) is 30.3 Å². The van der Waals surface area contributed by atoms with E-state index in [0.717, 1.165) is 18.8 Å². The molecule has 0 saturated carbocycles. The summed E-state index contributed by atoms with van der Waals surface area (Å²) >= 11 is 0. The van der Waals surface area contributed by atoms with E-state index in [-0.39, 0.29) is 0 Å². The van der Waals surface area contributed by atoms with Gasteiger partial charge in [-0.15, -0.1) is 0 Å². The summed E-state index contributed by atoms with van der Waals surface area (Å²) in [5.41, 5.74) is 2.23. The van der Waals surface area contributed by atoms with E-state index in [1.54, 1.807) is 24.3 Å². The Kier molecular flexibility index (Phi) is 4.90. The average Bonchev–Trinajstić information content (AvgIpc) is 2.63. The van der Waals surface area contributed by atoms with Crippen LogP contribution in [0, 0.1) is 0 Å². The van der Waals surface area contributed by atoms with Crippen molar-refractivity contribution in [2.45, 2.75) is 6.10 Å². The van der Waals surface area contributed by atoms with E-state index in [2.05, 4.69) is 10.2 Å². The van der Waals surface area contributed by atoms with Crippen LogP contribution >= 0.6 is 0 Å². The summed E-state index contributed by atoms with van der Waals surface area (Å²) in [4.78, 5) is 14.5. The van der Waals surface area contributed by atoms with Crippen LogP contribution in [0.1, 0.15) is 11.7 Å². The van der Waals surface area contributed by atoms with E-state index >= 15 is 0 Å². The van der Waals surface area contributed by atoms with Gasteiger partial charge in [0, 0.05) is 13.1 Å². The summed E-state index contributed by atoms with van der Waals surface area (Å²) in [5.74, 6) is -0.433. The fraction of sp³-hybridized carbons (Fsp3) is 0.278. The number of morpholine rings is 1. The van der Waals surface area contributed by atoms with Crippen molar-refractivity contribution in [3.8, 4) is 0 Å². The summed E-state index contributed by atoms with van der Waals surface area (Å²) in [6, 6.07) is 16.5. The van der Waals surface area contributed by atoms with Crippen molar-refractivity contribution in [2.75, 3.05) is 36.5 Å². The predicted octanol–water partition coefficient (Wildman–Crippen LogP) is 2.20. The number of ether oxygens (including phenoxy) is 1. The lowest BCUT2D eigenvalue weighted by molar-refractivity contribution is -0.124. The molecule has 0 bridgehead atoms. The second-order valence-electron chi connectivity index (χ2n) is 5.42. The number of aliphatic hydroxyl groups excluding tert-OH is 1. The fourth-order valence-corrected chi connectivity index (χ4v) is 2.65. The zero-order valence-corrected chi connectivity index (χ0v) is 12.8. The number of amides is 1. The molecular formula is C18H20N2O3. The number of para-hydroxylation sites is 2. The van der Waals surface area contributed by atoms with Crippen LogP contribution in [0.4, 0.5) is 11.4 Å². The lowest BCUT2D eigenvalue weighted by atomic mass is 10.1. The Morgan fingerprint density at radius 1 is 1.04 bits per heavy atom. The second-order valence-corrected chi connectivity index (χ2v) is 5.42. The van der Waals surface area contributed by atoms with Crippen LogP contribution in [-0.2, 0) is 9.53 Å². The Morgan fingerprint density at radius 2 is 1.70 bits per heavy atom. The predicted molar refractivity (Wildman–Crippen MR) is 89.5 cm³/mol. The SMILES string of the molecule is O=C(Nc1ccccc1N1CCOCC1)C(O)c1ccccc1. The smallest absolute Gasteiger partial charge is 0.257 e. The van der Waals surface area contributed by atoms with Crippen LogP contribution in [-0.4, -0.2) is 37.3 Å². The number of rotatable bonds is 4. The largest absolute Gasteiger partial charge is 0.378 e. The summed E-state index contributed by atoms with van der Waals surface area (Å²) in [5, 5.41) is 13.0. The zero-order chi connectivity index (χ0) is 16.1. The van der Waals surface area contributed by atoms with E-state index < -0.39 is 12.0 Å². The van der Waals surface area contributed by atoms with Crippen LogP contribution in [0.15, 0.2) is 54.6 Å². The van der Waals surface area contributed by atoms with Crippen molar-refractivity contribution >= 4 is 17.3 Å². The van der Waals surface area contributed by atoms with Gasteiger partial charge in [0.1, 0.15) is 0 Å². The normalized spacial score (nSPS) is 16.0. The van der Waals surface area contributed by atoms with Gasteiger partial charge < -0.3 is 20.1 Å². The molecule has 5 nitrogen and oxygen atoms in total. The molecule has 120 valence electrons. The van der Waals surface area contributed by atoms with Gasteiger partial charge in [0.25, 0.3) is 5.91 Å². The van der Waals surface area contributed by atoms with Gasteiger partial charge in [-0.05, 0) is 17.7 Å². The molecule has 3 rings (SSSR count). The first-order chi connectivity index (χ1) is 11.3. The number of carbonyl (C=O) groups excluding carboxylic acids is 1. The number of anilines is 2. The van der Waals surface area contributed by atoms with E-state index in [1.165, 1.54) is 0 Å². The molecule has 1 amide bonds. The molecule has 1 unspecified atom stereocenters. The monoisotopic (exact) mass is 312 g/mol. The van der Waals surface area contributed by atoms with Gasteiger partial charge in [0.05, 0.1) is 24.6 Å². The first kappa shape index (κ1) is 15.5. The molecule has 1 aliphatic rings. The Hall–Kier alpha value is -2.37. The minimum atomic E-state index is -1.19. The summed E-state index contributed by atoms with van der Waals surface area (Å²) in [6.07, 6.45) is -1.19. The Balaban J connectivity index is 1.76. The van der Waals surface area contributed by atoms with Crippen LogP contribution in [0.5, 0.6) is 0 Å². The van der Waals surface area contributed by atoms with Gasteiger partial charge in [0.2, 0.25) is 0 Å². The molecule has 0 aromatic heterocycles. The fourth-order valence-electron chi connectivity index (χ4n) is 2.65. The van der Waals surface area contributed by atoms with Gasteiger partial charge in [0.15, 0.2) is 6.10 Å². The first-order valence-electron chi connectivity index (χ1n) is 7.71. The standard InChI is InChI=1S/C18H20N2O3/c21-17(14-6-2-1-3-7-14)18(22)19-15-8-4-5-9-16(15)20-10-12-23-13-11-20/h1-9,17,21H,10-13H2,(H,19,22). The second kappa shape index (κ2) is 7.26. The average molecular weight is 312 g/mol. The first-order valence-corrected chi connectivity index (χ1v) is 7.71. The quantitative estimate of drug-likeness (QED) is 0.908. The Bertz CT molecular complexity index is 654. The van der Waals surface area contributed by atoms with Gasteiger partial charge in [-0.2, -0.15) is 0 Å². The molecule has 1 atom stereocenters. The maximum atomic E-state index is 12.3. The van der Waals surface area contributed by atoms with Gasteiger partial charge in [-0.3, -0.25) is 4.79 Å². The molecule has 1 heterocycles. The summed E-state index contributed by atoms with van der Waals surface area (Å²) in [6.45, 7) is 2.92. The molecule has 5 heteroatoms. The molecule has 1 aliphatic heterocycles. The number of hydrogen-bond acceptors (Lipinski definition) is 4. The van der Waals surface area contributed by atoms with Crippen molar-refractivity contribution in [3.05, 3.63) is 60.2 Å². The maximum absolute atomic E-state index is 12.3. The molecule has 23 heavy (non-hydrogen) atoms.